The molecule has 6 heteroatoms. The lowest BCUT2D eigenvalue weighted by Crippen LogP contribution is -2.39. The highest BCUT2D eigenvalue weighted by atomic mass is 32.2. The second-order valence-electron chi connectivity index (χ2n) is 3.13. The lowest BCUT2D eigenvalue weighted by atomic mass is 10.4. The van der Waals surface area contributed by atoms with Crippen molar-refractivity contribution < 1.29 is 18.3 Å². The van der Waals surface area contributed by atoms with Gasteiger partial charge < -0.3 is 5.11 Å². The summed E-state index contributed by atoms with van der Waals surface area (Å²) in [6.45, 7) is 2.12. The minimum atomic E-state index is -3.60. The van der Waals surface area contributed by atoms with Gasteiger partial charge in [-0.25, -0.2) is 12.7 Å². The van der Waals surface area contributed by atoms with Crippen LogP contribution in [-0.4, -0.2) is 42.1 Å². The summed E-state index contributed by atoms with van der Waals surface area (Å²) in [5, 5.41) is 7.24. The number of aliphatic carboxylic acids is 1. The smallest absolute Gasteiger partial charge is 0.323 e. The van der Waals surface area contributed by atoms with E-state index in [2.05, 4.69) is 0 Å². The highest BCUT2D eigenvalue weighted by Crippen LogP contribution is 2.16. The fourth-order valence-electron chi connectivity index (χ4n) is 1.29. The average molecular weight is 207 g/mol. The highest BCUT2D eigenvalue weighted by molar-refractivity contribution is 7.90. The monoisotopic (exact) mass is 207 g/mol. The van der Waals surface area contributed by atoms with Crippen molar-refractivity contribution in [2.75, 3.05) is 13.1 Å². The number of sulfonamides is 1. The van der Waals surface area contributed by atoms with E-state index >= 15 is 0 Å². The largest absolute Gasteiger partial charge is 0.480 e. The van der Waals surface area contributed by atoms with Gasteiger partial charge in [-0.2, -0.15) is 0 Å². The van der Waals surface area contributed by atoms with Crippen molar-refractivity contribution in [3.8, 4) is 0 Å². The fraction of sp³-hybridized carbons (Fsp3) is 0.857. The van der Waals surface area contributed by atoms with Crippen molar-refractivity contribution in [1.29, 1.82) is 0 Å². The van der Waals surface area contributed by atoms with Crippen LogP contribution in [0.3, 0.4) is 0 Å². The van der Waals surface area contributed by atoms with Crippen molar-refractivity contribution in [1.82, 2.24) is 4.31 Å². The Morgan fingerprint density at radius 3 is 2.23 bits per heavy atom. The molecule has 1 aliphatic rings. The maximum atomic E-state index is 11.5. The molecule has 1 atom stereocenters. The molecule has 1 rings (SSSR count). The maximum absolute atomic E-state index is 11.5. The van der Waals surface area contributed by atoms with Gasteiger partial charge in [-0.15, -0.1) is 0 Å². The molecule has 0 aromatic rings. The molecule has 13 heavy (non-hydrogen) atoms. The van der Waals surface area contributed by atoms with Crippen molar-refractivity contribution in [2.45, 2.75) is 25.0 Å². The summed E-state index contributed by atoms with van der Waals surface area (Å²) in [5.41, 5.74) is 0. The van der Waals surface area contributed by atoms with E-state index in [9.17, 15) is 13.2 Å². The predicted molar refractivity (Wildman–Crippen MR) is 46.8 cm³/mol. The van der Waals surface area contributed by atoms with Gasteiger partial charge in [0.15, 0.2) is 5.25 Å². The van der Waals surface area contributed by atoms with Gasteiger partial charge in [-0.05, 0) is 19.8 Å². The maximum Gasteiger partial charge on any atom is 0.323 e. The van der Waals surface area contributed by atoms with Crippen LogP contribution < -0.4 is 0 Å². The van der Waals surface area contributed by atoms with Crippen LogP contribution in [0.15, 0.2) is 0 Å². The average Bonchev–Trinajstić information content (AvgIpc) is 2.54. The first kappa shape index (κ1) is 10.5. The molecule has 0 spiro atoms. The molecular formula is C7H13NO4S. The fourth-order valence-corrected chi connectivity index (χ4v) is 2.76. The minimum absolute atomic E-state index is 0.458. The number of carboxylic acid groups (broad SMARTS) is 1. The molecule has 1 unspecified atom stereocenters. The molecule has 0 bridgehead atoms. The lowest BCUT2D eigenvalue weighted by Gasteiger charge is -2.17. The van der Waals surface area contributed by atoms with Crippen LogP contribution in [0.4, 0.5) is 0 Å². The van der Waals surface area contributed by atoms with E-state index < -0.39 is 21.2 Å². The Morgan fingerprint density at radius 2 is 1.85 bits per heavy atom. The molecule has 76 valence electrons. The van der Waals surface area contributed by atoms with Gasteiger partial charge in [-0.3, -0.25) is 4.79 Å². The van der Waals surface area contributed by atoms with E-state index in [0.717, 1.165) is 12.8 Å². The Labute approximate surface area is 77.4 Å². The third kappa shape index (κ3) is 2.00. The first-order valence-electron chi connectivity index (χ1n) is 4.18. The predicted octanol–water partition coefficient (Wildman–Crippen LogP) is -0.115. The highest BCUT2D eigenvalue weighted by Gasteiger charge is 2.34. The number of hydrogen-bond acceptors (Lipinski definition) is 3. The molecule has 0 saturated carbocycles. The van der Waals surface area contributed by atoms with Gasteiger partial charge in [0.2, 0.25) is 10.0 Å². The van der Waals surface area contributed by atoms with Gasteiger partial charge in [0.05, 0.1) is 0 Å². The van der Waals surface area contributed by atoms with Gasteiger partial charge in [0, 0.05) is 13.1 Å². The molecule has 0 radical (unpaired) electrons. The van der Waals surface area contributed by atoms with E-state index in [-0.39, 0.29) is 0 Å². The number of carboxylic acids is 1. The quantitative estimate of drug-likeness (QED) is 0.700. The summed E-state index contributed by atoms with van der Waals surface area (Å²) >= 11 is 0. The summed E-state index contributed by atoms with van der Waals surface area (Å²) in [6, 6.07) is 0. The molecule has 1 N–H and O–H groups in total. The molecule has 1 fully saturated rings. The zero-order valence-corrected chi connectivity index (χ0v) is 8.25. The molecule has 0 aromatic carbocycles. The zero-order chi connectivity index (χ0) is 10.1. The summed E-state index contributed by atoms with van der Waals surface area (Å²) in [5.74, 6) is -1.29. The second-order valence-corrected chi connectivity index (χ2v) is 5.39. The van der Waals surface area contributed by atoms with Crippen LogP contribution in [0.1, 0.15) is 19.8 Å². The number of carbonyl (C=O) groups is 1. The Kier molecular flexibility index (Phi) is 2.92. The Balaban J connectivity index is 2.81. The Hall–Kier alpha value is -0.620. The van der Waals surface area contributed by atoms with Gasteiger partial charge in [-0.1, -0.05) is 0 Å². The molecule has 0 aliphatic carbocycles. The Morgan fingerprint density at radius 1 is 1.38 bits per heavy atom. The number of rotatable bonds is 3. The first-order valence-corrected chi connectivity index (χ1v) is 5.68. The van der Waals surface area contributed by atoms with Crippen LogP contribution in [0.5, 0.6) is 0 Å². The molecule has 0 aromatic heterocycles. The summed E-state index contributed by atoms with van der Waals surface area (Å²) in [4.78, 5) is 10.5. The molecular weight excluding hydrogens is 194 g/mol. The second kappa shape index (κ2) is 3.63. The van der Waals surface area contributed by atoms with Crippen LogP contribution in [0, 0.1) is 0 Å². The number of nitrogens with zero attached hydrogens (tertiary/aromatic N) is 1. The normalized spacial score (nSPS) is 21.6. The molecule has 1 aliphatic heterocycles. The van der Waals surface area contributed by atoms with Crippen LogP contribution >= 0.6 is 0 Å². The van der Waals surface area contributed by atoms with E-state index in [4.69, 9.17) is 5.11 Å². The molecule has 5 nitrogen and oxygen atoms in total. The van der Waals surface area contributed by atoms with E-state index in [1.807, 2.05) is 0 Å². The topological polar surface area (TPSA) is 74.7 Å². The van der Waals surface area contributed by atoms with Gasteiger partial charge in [0.1, 0.15) is 0 Å². The molecule has 1 saturated heterocycles. The standard InChI is InChI=1S/C7H13NO4S/c1-6(7(9)10)13(11,12)8-4-2-3-5-8/h6H,2-5H2,1H3,(H,9,10). The first-order chi connectivity index (χ1) is 5.96. The van der Waals surface area contributed by atoms with Crippen LogP contribution in [0.2, 0.25) is 0 Å². The van der Waals surface area contributed by atoms with E-state index in [1.54, 1.807) is 0 Å². The van der Waals surface area contributed by atoms with Crippen LogP contribution in [-0.2, 0) is 14.8 Å². The van der Waals surface area contributed by atoms with Crippen molar-refractivity contribution in [3.63, 3.8) is 0 Å². The summed E-state index contributed by atoms with van der Waals surface area (Å²) < 4.78 is 24.3. The van der Waals surface area contributed by atoms with Crippen molar-refractivity contribution in [3.05, 3.63) is 0 Å². The third-order valence-corrected chi connectivity index (χ3v) is 4.40. The van der Waals surface area contributed by atoms with Gasteiger partial charge in [0.25, 0.3) is 0 Å². The summed E-state index contributed by atoms with van der Waals surface area (Å²) in [7, 11) is -3.60. The SMILES string of the molecule is CC(C(=O)O)S(=O)(=O)N1CCCC1. The Bertz CT molecular complexity index is 292. The van der Waals surface area contributed by atoms with Gasteiger partial charge >= 0.3 is 5.97 Å². The lowest BCUT2D eigenvalue weighted by molar-refractivity contribution is -0.136. The van der Waals surface area contributed by atoms with E-state index in [0.29, 0.717) is 13.1 Å². The van der Waals surface area contributed by atoms with Crippen molar-refractivity contribution in [2.24, 2.45) is 0 Å². The molecule has 0 amide bonds. The minimum Gasteiger partial charge on any atom is -0.480 e. The summed E-state index contributed by atoms with van der Waals surface area (Å²) in [6.07, 6.45) is 1.65. The van der Waals surface area contributed by atoms with E-state index in [1.165, 1.54) is 11.2 Å². The third-order valence-electron chi connectivity index (χ3n) is 2.22. The zero-order valence-electron chi connectivity index (χ0n) is 7.43. The molecule has 1 heterocycles. The number of hydrogen-bond donors (Lipinski definition) is 1. The van der Waals surface area contributed by atoms with Crippen molar-refractivity contribution >= 4 is 16.0 Å². The van der Waals surface area contributed by atoms with Crippen LogP contribution in [0.25, 0.3) is 0 Å².